The molecule has 0 spiro atoms. The van der Waals surface area contributed by atoms with E-state index in [2.05, 4.69) is 61.8 Å². The van der Waals surface area contributed by atoms with Gasteiger partial charge in [0.25, 0.3) is 0 Å². The van der Waals surface area contributed by atoms with E-state index in [4.69, 9.17) is 0 Å². The molecule has 0 atom stereocenters. The van der Waals surface area contributed by atoms with E-state index in [-0.39, 0.29) is 0 Å². The van der Waals surface area contributed by atoms with Gasteiger partial charge in [-0.2, -0.15) is 0 Å². The molecule has 1 rings (SSSR count). The maximum absolute atomic E-state index is 2.60. The van der Waals surface area contributed by atoms with Crippen LogP contribution in [-0.2, 0) is 0 Å². The Balaban J connectivity index is 2.59. The van der Waals surface area contributed by atoms with Crippen LogP contribution in [0.4, 0.5) is 0 Å². The van der Waals surface area contributed by atoms with Crippen molar-refractivity contribution in [3.05, 3.63) is 41.0 Å². The first-order valence-electron chi connectivity index (χ1n) is 6.15. The van der Waals surface area contributed by atoms with E-state index in [1.165, 1.54) is 22.6 Å². The zero-order valence-corrected chi connectivity index (χ0v) is 13.3. The van der Waals surface area contributed by atoms with Crippen LogP contribution in [0, 0.1) is 0 Å². The summed E-state index contributed by atoms with van der Waals surface area (Å²) in [4.78, 5) is 2.46. The summed E-state index contributed by atoms with van der Waals surface area (Å²) in [5.74, 6) is 0. The van der Waals surface area contributed by atoms with Gasteiger partial charge in [0.05, 0.1) is 0 Å². The third kappa shape index (κ3) is 3.93. The van der Waals surface area contributed by atoms with Crippen molar-refractivity contribution in [2.24, 2.45) is 0 Å². The topological polar surface area (TPSA) is 0 Å². The molecule has 0 radical (unpaired) electrons. The first-order chi connectivity index (χ1) is 7.76. The normalized spacial score (nSPS) is 12.2. The summed E-state index contributed by atoms with van der Waals surface area (Å²) in [5.41, 5.74) is 2.60. The second kappa shape index (κ2) is 7.11. The molecule has 16 heavy (non-hydrogen) atoms. The van der Waals surface area contributed by atoms with E-state index in [1.54, 1.807) is 0 Å². The summed E-state index contributed by atoms with van der Waals surface area (Å²) in [6.45, 7) is 7.08. The van der Waals surface area contributed by atoms with E-state index < -0.39 is 8.07 Å². The van der Waals surface area contributed by atoms with E-state index in [0.717, 1.165) is 0 Å². The average Bonchev–Trinajstić information content (AvgIpc) is 2.37. The molecule has 1 aromatic rings. The number of rotatable bonds is 6. The van der Waals surface area contributed by atoms with Gasteiger partial charge in [-0.25, -0.2) is 0 Å². The van der Waals surface area contributed by atoms with Crippen molar-refractivity contribution in [1.82, 2.24) is 0 Å². The molecule has 0 heterocycles. The predicted octanol–water partition coefficient (Wildman–Crippen LogP) is 3.58. The second-order valence-corrected chi connectivity index (χ2v) is 11.4. The SMILES string of the molecule is CC[Si](/C=C/[Se]c1ccccc1)(CC)CC. The zero-order valence-electron chi connectivity index (χ0n) is 10.6. The summed E-state index contributed by atoms with van der Waals surface area (Å²) in [6.07, 6.45) is 0. The van der Waals surface area contributed by atoms with Crippen LogP contribution in [0.15, 0.2) is 41.0 Å². The van der Waals surface area contributed by atoms with E-state index in [1.807, 2.05) is 0 Å². The average molecular weight is 297 g/mol. The van der Waals surface area contributed by atoms with Crippen LogP contribution in [-0.4, -0.2) is 23.0 Å². The van der Waals surface area contributed by atoms with E-state index >= 15 is 0 Å². The zero-order chi connectivity index (χ0) is 11.9. The van der Waals surface area contributed by atoms with Gasteiger partial charge in [-0.3, -0.25) is 0 Å². The Hall–Kier alpha value is -0.304. The van der Waals surface area contributed by atoms with Gasteiger partial charge in [0.2, 0.25) is 0 Å². The quantitative estimate of drug-likeness (QED) is 0.704. The van der Waals surface area contributed by atoms with Crippen molar-refractivity contribution in [3.63, 3.8) is 0 Å². The monoisotopic (exact) mass is 298 g/mol. The summed E-state index contributed by atoms with van der Waals surface area (Å²) in [6, 6.07) is 15.0. The van der Waals surface area contributed by atoms with E-state index in [9.17, 15) is 0 Å². The van der Waals surface area contributed by atoms with Crippen molar-refractivity contribution >= 4 is 27.5 Å². The molecule has 0 bridgehead atoms. The van der Waals surface area contributed by atoms with Gasteiger partial charge in [0.15, 0.2) is 0 Å². The van der Waals surface area contributed by atoms with Crippen LogP contribution in [0.2, 0.25) is 18.1 Å². The van der Waals surface area contributed by atoms with Gasteiger partial charge >= 0.3 is 107 Å². The molecular weight excluding hydrogens is 275 g/mol. The molecule has 88 valence electrons. The summed E-state index contributed by atoms with van der Waals surface area (Å²) < 4.78 is 1.48. The first-order valence-corrected chi connectivity index (χ1v) is 10.7. The van der Waals surface area contributed by atoms with Crippen LogP contribution >= 0.6 is 0 Å². The number of hydrogen-bond acceptors (Lipinski definition) is 0. The fourth-order valence-electron chi connectivity index (χ4n) is 1.86. The summed E-state index contributed by atoms with van der Waals surface area (Å²) >= 11 is 0.527. The van der Waals surface area contributed by atoms with Gasteiger partial charge in [-0.1, -0.05) is 0 Å². The van der Waals surface area contributed by atoms with Crippen molar-refractivity contribution in [2.75, 3.05) is 0 Å². The van der Waals surface area contributed by atoms with Crippen molar-refractivity contribution in [2.45, 2.75) is 38.9 Å². The number of benzene rings is 1. The fraction of sp³-hybridized carbons (Fsp3) is 0.429. The predicted molar refractivity (Wildman–Crippen MR) is 78.2 cm³/mol. The van der Waals surface area contributed by atoms with Crippen molar-refractivity contribution in [3.8, 4) is 0 Å². The van der Waals surface area contributed by atoms with Gasteiger partial charge in [0.1, 0.15) is 0 Å². The van der Waals surface area contributed by atoms with Crippen LogP contribution in [0.25, 0.3) is 0 Å². The molecule has 0 N–H and O–H groups in total. The molecule has 0 unspecified atom stereocenters. The Kier molecular flexibility index (Phi) is 6.11. The summed E-state index contributed by atoms with van der Waals surface area (Å²) in [5, 5.41) is 0. The fourth-order valence-corrected chi connectivity index (χ4v) is 7.66. The molecule has 0 aromatic heterocycles. The van der Waals surface area contributed by atoms with Gasteiger partial charge in [-0.15, -0.1) is 0 Å². The molecule has 0 nitrogen and oxygen atoms in total. The molecule has 0 saturated heterocycles. The molecule has 0 aliphatic carbocycles. The van der Waals surface area contributed by atoms with Crippen LogP contribution in [0.3, 0.4) is 0 Å². The van der Waals surface area contributed by atoms with Gasteiger partial charge in [0, 0.05) is 0 Å². The minimum atomic E-state index is -1.04. The third-order valence-corrected chi connectivity index (χ3v) is 10.8. The van der Waals surface area contributed by atoms with Crippen LogP contribution in [0.5, 0.6) is 0 Å². The Labute approximate surface area is 107 Å². The van der Waals surface area contributed by atoms with Crippen LogP contribution in [0.1, 0.15) is 20.8 Å². The van der Waals surface area contributed by atoms with Gasteiger partial charge < -0.3 is 0 Å². The Morgan fingerprint density at radius 3 is 2.06 bits per heavy atom. The first kappa shape index (κ1) is 13.8. The molecule has 0 fully saturated rings. The Morgan fingerprint density at radius 1 is 1.00 bits per heavy atom. The standard InChI is InChI=1S/C14H22SeSi/c1-4-16(5-2,6-3)13-12-15-14-10-8-7-9-11-14/h7-13H,4-6H2,1-3H3/b13-12+. The Morgan fingerprint density at radius 2 is 1.56 bits per heavy atom. The van der Waals surface area contributed by atoms with Gasteiger partial charge in [-0.05, 0) is 0 Å². The van der Waals surface area contributed by atoms with Crippen LogP contribution < -0.4 is 4.46 Å². The summed E-state index contributed by atoms with van der Waals surface area (Å²) in [7, 11) is -1.04. The van der Waals surface area contributed by atoms with Crippen molar-refractivity contribution in [1.29, 1.82) is 0 Å². The molecule has 2 heteroatoms. The Bertz CT molecular complexity index is 307. The second-order valence-electron chi connectivity index (χ2n) is 4.16. The molecule has 0 amide bonds. The third-order valence-electron chi connectivity index (χ3n) is 3.48. The number of hydrogen-bond donors (Lipinski definition) is 0. The molecule has 1 aromatic carbocycles. The van der Waals surface area contributed by atoms with Crippen molar-refractivity contribution < 1.29 is 0 Å². The molecule has 0 aliphatic rings. The minimum absolute atomic E-state index is 0.527. The maximum atomic E-state index is 2.60. The van der Waals surface area contributed by atoms with E-state index in [0.29, 0.717) is 15.0 Å². The molecule has 0 aliphatic heterocycles. The molecular formula is C14H22SeSi. The molecule has 0 saturated carbocycles.